The van der Waals surface area contributed by atoms with Crippen molar-refractivity contribution in [2.24, 2.45) is 11.8 Å². The third-order valence-corrected chi connectivity index (χ3v) is 3.26. The van der Waals surface area contributed by atoms with Gasteiger partial charge in [0.05, 0.1) is 5.92 Å². The van der Waals surface area contributed by atoms with Gasteiger partial charge in [0.1, 0.15) is 0 Å². The molecule has 17 heavy (non-hydrogen) atoms. The summed E-state index contributed by atoms with van der Waals surface area (Å²) in [5.74, 6) is -2.97. The molecule has 1 saturated carbocycles. The normalized spacial score (nSPS) is 25.4. The van der Waals surface area contributed by atoms with Gasteiger partial charge in [-0.3, -0.25) is 4.79 Å². The van der Waals surface area contributed by atoms with Crippen molar-refractivity contribution < 1.29 is 18.0 Å². The molecule has 1 N–H and O–H groups in total. The number of carbonyl (C=O) groups excluding carboxylic acids is 1. The quantitative estimate of drug-likeness (QED) is 0.850. The van der Waals surface area contributed by atoms with Gasteiger partial charge in [-0.2, -0.15) is 13.2 Å². The summed E-state index contributed by atoms with van der Waals surface area (Å²) in [5.41, 5.74) is 0. The summed E-state index contributed by atoms with van der Waals surface area (Å²) >= 11 is 3.05. The summed E-state index contributed by atoms with van der Waals surface area (Å²) in [6.45, 7) is 3.69. The van der Waals surface area contributed by atoms with Crippen molar-refractivity contribution in [1.29, 1.82) is 0 Å². The molecule has 0 aromatic carbocycles. The van der Waals surface area contributed by atoms with Crippen LogP contribution in [-0.4, -0.2) is 18.6 Å². The van der Waals surface area contributed by atoms with E-state index < -0.39 is 23.9 Å². The summed E-state index contributed by atoms with van der Waals surface area (Å²) in [4.78, 5) is 11.7. The third-order valence-electron chi connectivity index (χ3n) is 2.98. The van der Waals surface area contributed by atoms with Crippen molar-refractivity contribution >= 4 is 21.8 Å². The third kappa shape index (κ3) is 4.33. The molecule has 0 radical (unpaired) electrons. The van der Waals surface area contributed by atoms with Crippen LogP contribution < -0.4 is 5.32 Å². The zero-order chi connectivity index (χ0) is 13.1. The maximum Gasteiger partial charge on any atom is 0.392 e. The molecule has 0 aliphatic heterocycles. The first-order chi connectivity index (χ1) is 7.82. The highest BCUT2D eigenvalue weighted by Crippen LogP contribution is 2.41. The molecule has 0 bridgehead atoms. The van der Waals surface area contributed by atoms with Crippen LogP contribution in [0.1, 0.15) is 25.7 Å². The Hall–Kier alpha value is -0.520. The molecule has 1 fully saturated rings. The number of amides is 1. The molecule has 2 atom stereocenters. The number of carbonyl (C=O) groups is 1. The Labute approximate surface area is 107 Å². The van der Waals surface area contributed by atoms with E-state index in [9.17, 15) is 18.0 Å². The first-order valence-electron chi connectivity index (χ1n) is 5.50. The average molecular weight is 314 g/mol. The fraction of sp³-hybridized carbons (Fsp3) is 0.727. The van der Waals surface area contributed by atoms with Crippen LogP contribution in [0.25, 0.3) is 0 Å². The fourth-order valence-electron chi connectivity index (χ4n) is 2.15. The highest BCUT2D eigenvalue weighted by atomic mass is 79.9. The average Bonchev–Trinajstić information content (AvgIpc) is 2.24. The van der Waals surface area contributed by atoms with Crippen LogP contribution in [0.15, 0.2) is 11.1 Å². The maximum absolute atomic E-state index is 12.7. The van der Waals surface area contributed by atoms with E-state index >= 15 is 0 Å². The van der Waals surface area contributed by atoms with Crippen LogP contribution in [0.3, 0.4) is 0 Å². The molecule has 0 spiro atoms. The van der Waals surface area contributed by atoms with Gasteiger partial charge in [-0.15, -0.1) is 0 Å². The Morgan fingerprint density at radius 2 is 1.94 bits per heavy atom. The molecular formula is C11H15BrF3NO. The summed E-state index contributed by atoms with van der Waals surface area (Å²) in [6, 6.07) is 0. The molecule has 0 heterocycles. The van der Waals surface area contributed by atoms with E-state index in [-0.39, 0.29) is 13.0 Å². The van der Waals surface area contributed by atoms with Gasteiger partial charge in [0.25, 0.3) is 0 Å². The zero-order valence-corrected chi connectivity index (χ0v) is 10.9. The molecule has 1 aliphatic carbocycles. The van der Waals surface area contributed by atoms with E-state index in [4.69, 9.17) is 0 Å². The Kier molecular flexibility index (Phi) is 5.04. The zero-order valence-electron chi connectivity index (χ0n) is 9.32. The van der Waals surface area contributed by atoms with E-state index in [0.717, 1.165) is 0 Å². The first kappa shape index (κ1) is 14.5. The van der Waals surface area contributed by atoms with Gasteiger partial charge in [0, 0.05) is 16.9 Å². The van der Waals surface area contributed by atoms with Gasteiger partial charge in [0.2, 0.25) is 5.91 Å². The van der Waals surface area contributed by atoms with Gasteiger partial charge >= 0.3 is 6.18 Å². The number of rotatable bonds is 3. The van der Waals surface area contributed by atoms with Crippen LogP contribution in [0, 0.1) is 11.8 Å². The van der Waals surface area contributed by atoms with Gasteiger partial charge in [-0.05, 0) is 12.8 Å². The van der Waals surface area contributed by atoms with E-state index in [1.54, 1.807) is 0 Å². The topological polar surface area (TPSA) is 29.1 Å². The molecule has 2 unspecified atom stereocenters. The molecule has 0 saturated heterocycles. The van der Waals surface area contributed by atoms with Crippen molar-refractivity contribution in [2.75, 3.05) is 6.54 Å². The van der Waals surface area contributed by atoms with Crippen LogP contribution >= 0.6 is 15.9 Å². The minimum absolute atomic E-state index is 0.0524. The Bertz CT molecular complexity index is 304. The van der Waals surface area contributed by atoms with Gasteiger partial charge < -0.3 is 5.32 Å². The van der Waals surface area contributed by atoms with Crippen molar-refractivity contribution in [2.45, 2.75) is 31.9 Å². The van der Waals surface area contributed by atoms with Gasteiger partial charge in [-0.25, -0.2) is 0 Å². The maximum atomic E-state index is 12.7. The summed E-state index contributed by atoms with van der Waals surface area (Å²) in [6.07, 6.45) is -2.70. The van der Waals surface area contributed by atoms with Crippen molar-refractivity contribution in [3.8, 4) is 0 Å². The monoisotopic (exact) mass is 313 g/mol. The molecule has 1 aliphatic rings. The Morgan fingerprint density at radius 1 is 1.35 bits per heavy atom. The standard InChI is InChI=1S/C11H15BrF3NO/c1-7(12)6-16-10(17)8-4-2-3-5-9(8)11(13,14)15/h8-9H,1-6H2,(H,16,17). The van der Waals surface area contributed by atoms with Crippen LogP contribution in [0.2, 0.25) is 0 Å². The molecule has 98 valence electrons. The molecule has 0 aromatic heterocycles. The number of nitrogens with one attached hydrogen (secondary N) is 1. The second-order valence-electron chi connectivity index (χ2n) is 4.27. The first-order valence-corrected chi connectivity index (χ1v) is 6.29. The van der Waals surface area contributed by atoms with E-state index in [2.05, 4.69) is 27.8 Å². The number of halogens is 4. The van der Waals surface area contributed by atoms with Gasteiger partial charge in [-0.1, -0.05) is 35.4 Å². The van der Waals surface area contributed by atoms with Crippen molar-refractivity contribution in [3.63, 3.8) is 0 Å². The lowest BCUT2D eigenvalue weighted by molar-refractivity contribution is -0.198. The lowest BCUT2D eigenvalue weighted by atomic mass is 9.78. The second-order valence-corrected chi connectivity index (χ2v) is 5.40. The predicted octanol–water partition coefficient (Wildman–Crippen LogP) is 3.38. The summed E-state index contributed by atoms with van der Waals surface area (Å²) in [7, 11) is 0. The molecular weight excluding hydrogens is 299 g/mol. The smallest absolute Gasteiger partial charge is 0.351 e. The summed E-state index contributed by atoms with van der Waals surface area (Å²) < 4.78 is 38.8. The molecule has 2 nitrogen and oxygen atoms in total. The SMILES string of the molecule is C=C(Br)CNC(=O)C1CCCCC1C(F)(F)F. The lowest BCUT2D eigenvalue weighted by Crippen LogP contribution is -2.42. The minimum atomic E-state index is -4.28. The largest absolute Gasteiger partial charge is 0.392 e. The Morgan fingerprint density at radius 3 is 2.47 bits per heavy atom. The number of alkyl halides is 3. The minimum Gasteiger partial charge on any atom is -0.351 e. The van der Waals surface area contributed by atoms with Crippen LogP contribution in [-0.2, 0) is 4.79 Å². The van der Waals surface area contributed by atoms with Crippen molar-refractivity contribution in [3.05, 3.63) is 11.1 Å². The molecule has 1 amide bonds. The highest BCUT2D eigenvalue weighted by Gasteiger charge is 2.47. The molecule has 1 rings (SSSR count). The number of hydrogen-bond donors (Lipinski definition) is 1. The van der Waals surface area contributed by atoms with E-state index in [0.29, 0.717) is 23.7 Å². The predicted molar refractivity (Wildman–Crippen MR) is 62.6 cm³/mol. The second kappa shape index (κ2) is 5.89. The summed E-state index contributed by atoms with van der Waals surface area (Å²) in [5, 5.41) is 2.47. The van der Waals surface area contributed by atoms with Crippen LogP contribution in [0.4, 0.5) is 13.2 Å². The number of hydrogen-bond acceptors (Lipinski definition) is 1. The molecule has 6 heteroatoms. The lowest BCUT2D eigenvalue weighted by Gasteiger charge is -2.31. The highest BCUT2D eigenvalue weighted by molar-refractivity contribution is 9.11. The fourth-order valence-corrected chi connectivity index (χ4v) is 2.29. The van der Waals surface area contributed by atoms with E-state index in [1.807, 2.05) is 0 Å². The van der Waals surface area contributed by atoms with Crippen LogP contribution in [0.5, 0.6) is 0 Å². The van der Waals surface area contributed by atoms with Crippen molar-refractivity contribution in [1.82, 2.24) is 5.32 Å². The molecule has 0 aromatic rings. The van der Waals surface area contributed by atoms with Gasteiger partial charge in [0.15, 0.2) is 0 Å². The Balaban J connectivity index is 2.64. The van der Waals surface area contributed by atoms with E-state index in [1.165, 1.54) is 0 Å².